The fourth-order valence-corrected chi connectivity index (χ4v) is 3.41. The minimum Gasteiger partial charge on any atom is -0.415 e. The van der Waals surface area contributed by atoms with Crippen molar-refractivity contribution in [1.29, 1.82) is 0 Å². The molecule has 0 radical (unpaired) electrons. The number of hydrogen-bond acceptors (Lipinski definition) is 2. The molecular weight excluding hydrogens is 278 g/mol. The van der Waals surface area contributed by atoms with E-state index in [0.717, 1.165) is 12.1 Å². The van der Waals surface area contributed by atoms with Crippen LogP contribution in [-0.4, -0.2) is 26.9 Å². The van der Waals surface area contributed by atoms with Crippen LogP contribution in [0.4, 0.5) is 5.69 Å². The molecule has 1 amide bonds. The molecule has 1 aliphatic rings. The molecular formula is C17H27NO2Si. The first-order chi connectivity index (χ1) is 9.72. The highest BCUT2D eigenvalue weighted by Gasteiger charge is 2.39. The quantitative estimate of drug-likeness (QED) is 0.780. The number of rotatable bonds is 4. The topological polar surface area (TPSA) is 29.5 Å². The number of carbonyl (C=O) groups excluding carboxylic acids is 1. The average Bonchev–Trinajstić information content (AvgIpc) is 2.77. The Kier molecular flexibility index (Phi) is 4.59. The Morgan fingerprint density at radius 3 is 2.43 bits per heavy atom. The maximum atomic E-state index is 12.2. The lowest BCUT2D eigenvalue weighted by Crippen LogP contribution is -2.45. The van der Waals surface area contributed by atoms with Crippen molar-refractivity contribution in [2.45, 2.75) is 57.8 Å². The summed E-state index contributed by atoms with van der Waals surface area (Å²) in [7, 11) is -1.76. The molecule has 1 heterocycles. The summed E-state index contributed by atoms with van der Waals surface area (Å²) < 4.78 is 6.32. The zero-order valence-corrected chi connectivity index (χ0v) is 14.8. The van der Waals surface area contributed by atoms with E-state index >= 15 is 0 Å². The molecule has 2 rings (SSSR count). The summed E-state index contributed by atoms with van der Waals surface area (Å²) >= 11 is 0. The first-order valence-electron chi connectivity index (χ1n) is 7.73. The van der Waals surface area contributed by atoms with Gasteiger partial charge in [-0.25, -0.2) is 0 Å². The largest absolute Gasteiger partial charge is 0.415 e. The number of benzene rings is 1. The van der Waals surface area contributed by atoms with Gasteiger partial charge in [0.05, 0.1) is 12.6 Å². The third-order valence-electron chi connectivity index (χ3n) is 4.80. The number of anilines is 1. The van der Waals surface area contributed by atoms with Gasteiger partial charge >= 0.3 is 0 Å². The Morgan fingerprint density at radius 1 is 1.24 bits per heavy atom. The Labute approximate surface area is 129 Å². The minimum absolute atomic E-state index is 0.175. The molecule has 0 N–H and O–H groups in total. The van der Waals surface area contributed by atoms with Crippen LogP contribution in [-0.2, 0) is 9.22 Å². The number of para-hydroxylation sites is 1. The van der Waals surface area contributed by atoms with Crippen molar-refractivity contribution in [3.8, 4) is 0 Å². The van der Waals surface area contributed by atoms with Gasteiger partial charge in [-0.1, -0.05) is 39.0 Å². The first kappa shape index (κ1) is 16.2. The fraction of sp³-hybridized carbons (Fsp3) is 0.588. The summed E-state index contributed by atoms with van der Waals surface area (Å²) in [6.07, 6.45) is 1.52. The highest BCUT2D eigenvalue weighted by Crippen LogP contribution is 2.37. The minimum atomic E-state index is -1.76. The lowest BCUT2D eigenvalue weighted by Gasteiger charge is -2.38. The van der Waals surface area contributed by atoms with Crippen LogP contribution in [0.1, 0.15) is 33.6 Å². The standard InChI is InChI=1S/C17H27NO2Si/c1-17(2,3)21(4,5)20-13-15-11-12-16(19)18(15)14-9-7-6-8-10-14/h6-10,15H,11-13H2,1-5H3/t15-/m0/s1. The van der Waals surface area contributed by atoms with E-state index in [1.807, 2.05) is 35.2 Å². The van der Waals surface area contributed by atoms with E-state index in [0.29, 0.717) is 13.0 Å². The van der Waals surface area contributed by atoms with Crippen LogP contribution in [0.15, 0.2) is 30.3 Å². The van der Waals surface area contributed by atoms with Gasteiger partial charge in [-0.05, 0) is 36.7 Å². The summed E-state index contributed by atoms with van der Waals surface area (Å²) in [6, 6.07) is 10.1. The zero-order valence-electron chi connectivity index (χ0n) is 13.8. The lowest BCUT2D eigenvalue weighted by molar-refractivity contribution is -0.117. The van der Waals surface area contributed by atoms with E-state index in [1.165, 1.54) is 0 Å². The molecule has 1 aromatic carbocycles. The maximum absolute atomic E-state index is 12.2. The van der Waals surface area contributed by atoms with Crippen molar-refractivity contribution < 1.29 is 9.22 Å². The summed E-state index contributed by atoms with van der Waals surface area (Å²) in [6.45, 7) is 11.9. The molecule has 0 unspecified atom stereocenters. The summed E-state index contributed by atoms with van der Waals surface area (Å²) in [4.78, 5) is 14.1. The molecule has 0 aromatic heterocycles. The van der Waals surface area contributed by atoms with Gasteiger partial charge in [-0.3, -0.25) is 4.79 Å². The van der Waals surface area contributed by atoms with Crippen molar-refractivity contribution in [2.24, 2.45) is 0 Å². The van der Waals surface area contributed by atoms with Gasteiger partial charge in [0.25, 0.3) is 0 Å². The number of carbonyl (C=O) groups is 1. The predicted octanol–water partition coefficient (Wildman–Crippen LogP) is 4.20. The molecule has 116 valence electrons. The van der Waals surface area contributed by atoms with E-state index in [1.54, 1.807) is 0 Å². The molecule has 1 atom stereocenters. The van der Waals surface area contributed by atoms with E-state index in [2.05, 4.69) is 33.9 Å². The highest BCUT2D eigenvalue weighted by molar-refractivity contribution is 6.74. The molecule has 0 bridgehead atoms. The van der Waals surface area contributed by atoms with E-state index < -0.39 is 8.32 Å². The molecule has 0 aliphatic carbocycles. The molecule has 4 heteroatoms. The van der Waals surface area contributed by atoms with Crippen molar-refractivity contribution in [3.63, 3.8) is 0 Å². The number of nitrogens with zero attached hydrogens (tertiary/aromatic N) is 1. The van der Waals surface area contributed by atoms with Crippen LogP contribution < -0.4 is 4.90 Å². The van der Waals surface area contributed by atoms with Gasteiger partial charge in [0.2, 0.25) is 5.91 Å². The van der Waals surface area contributed by atoms with Gasteiger partial charge in [0, 0.05) is 12.1 Å². The third-order valence-corrected chi connectivity index (χ3v) is 9.30. The molecule has 3 nitrogen and oxygen atoms in total. The second kappa shape index (κ2) is 5.93. The van der Waals surface area contributed by atoms with Gasteiger partial charge in [-0.15, -0.1) is 0 Å². The van der Waals surface area contributed by atoms with Crippen molar-refractivity contribution >= 4 is 19.9 Å². The summed E-state index contributed by atoms with van der Waals surface area (Å²) in [5, 5.41) is 0.202. The maximum Gasteiger partial charge on any atom is 0.227 e. The normalized spacial score (nSPS) is 20.1. The Morgan fingerprint density at radius 2 is 1.86 bits per heavy atom. The van der Waals surface area contributed by atoms with Gasteiger partial charge in [-0.2, -0.15) is 0 Å². The van der Waals surface area contributed by atoms with Crippen LogP contribution in [0.2, 0.25) is 18.1 Å². The van der Waals surface area contributed by atoms with Gasteiger partial charge in [0.15, 0.2) is 8.32 Å². The van der Waals surface area contributed by atoms with Crippen LogP contribution in [0.25, 0.3) is 0 Å². The summed E-state index contributed by atoms with van der Waals surface area (Å²) in [5.74, 6) is 0.213. The van der Waals surface area contributed by atoms with Crippen LogP contribution >= 0.6 is 0 Å². The van der Waals surface area contributed by atoms with E-state index in [4.69, 9.17) is 4.43 Å². The zero-order chi connectivity index (χ0) is 15.7. The van der Waals surface area contributed by atoms with Crippen LogP contribution in [0.5, 0.6) is 0 Å². The second-order valence-electron chi connectivity index (χ2n) is 7.36. The predicted molar refractivity (Wildman–Crippen MR) is 90.1 cm³/mol. The smallest absolute Gasteiger partial charge is 0.227 e. The average molecular weight is 305 g/mol. The van der Waals surface area contributed by atoms with Gasteiger partial charge in [0.1, 0.15) is 0 Å². The molecule has 1 aromatic rings. The van der Waals surface area contributed by atoms with Crippen LogP contribution in [0.3, 0.4) is 0 Å². The van der Waals surface area contributed by atoms with Crippen molar-refractivity contribution in [1.82, 2.24) is 0 Å². The molecule has 0 saturated carbocycles. The van der Waals surface area contributed by atoms with Crippen molar-refractivity contribution in [3.05, 3.63) is 30.3 Å². The summed E-state index contributed by atoms with van der Waals surface area (Å²) in [5.41, 5.74) is 0.990. The Hall–Kier alpha value is -1.13. The molecule has 0 spiro atoms. The first-order valence-corrected chi connectivity index (χ1v) is 10.6. The lowest BCUT2D eigenvalue weighted by atomic mass is 10.2. The Balaban J connectivity index is 2.08. The second-order valence-corrected chi connectivity index (χ2v) is 12.2. The van der Waals surface area contributed by atoms with E-state index in [-0.39, 0.29) is 17.0 Å². The number of amides is 1. The third kappa shape index (κ3) is 3.55. The molecule has 21 heavy (non-hydrogen) atoms. The van der Waals surface area contributed by atoms with E-state index in [9.17, 15) is 4.79 Å². The fourth-order valence-electron chi connectivity index (χ4n) is 2.37. The molecule has 1 aliphatic heterocycles. The van der Waals surface area contributed by atoms with Crippen LogP contribution in [0, 0.1) is 0 Å². The SMILES string of the molecule is CC(C)(C)[Si](C)(C)OC[C@@H]1CCC(=O)N1c1ccccc1. The Bertz CT molecular complexity index is 493. The molecule has 1 saturated heterocycles. The molecule has 1 fully saturated rings. The number of hydrogen-bond donors (Lipinski definition) is 0. The van der Waals surface area contributed by atoms with Crippen molar-refractivity contribution in [2.75, 3.05) is 11.5 Å². The highest BCUT2D eigenvalue weighted by atomic mass is 28.4. The van der Waals surface area contributed by atoms with Gasteiger partial charge < -0.3 is 9.33 Å². The monoisotopic (exact) mass is 305 g/mol.